The summed E-state index contributed by atoms with van der Waals surface area (Å²) < 4.78 is 5.02. The number of hydrogen-bond acceptors (Lipinski definition) is 5. The number of carbonyl (C=O) groups excluding carboxylic acids is 3. The standard InChI is InChI=1S/C14H16N2O5/c1-8-3-4-11(17)10(7-8)13(19)21-9(2)12(18)16-6-5-15-14(16)20/h3-4,7,9,17H,5-6H2,1-2H3,(H,15,20)/t9-/m0/s1. The molecule has 1 aromatic carbocycles. The van der Waals surface area contributed by atoms with Gasteiger partial charge in [0, 0.05) is 13.1 Å². The number of rotatable bonds is 3. The van der Waals surface area contributed by atoms with Crippen LogP contribution in [0.1, 0.15) is 22.8 Å². The second-order valence-corrected chi connectivity index (χ2v) is 4.79. The maximum absolute atomic E-state index is 12.0. The Hall–Kier alpha value is -2.57. The monoisotopic (exact) mass is 292 g/mol. The minimum Gasteiger partial charge on any atom is -0.507 e. The van der Waals surface area contributed by atoms with E-state index in [1.165, 1.54) is 19.1 Å². The predicted molar refractivity (Wildman–Crippen MR) is 72.8 cm³/mol. The summed E-state index contributed by atoms with van der Waals surface area (Å²) in [7, 11) is 0. The number of phenolic OH excluding ortho intramolecular Hbond substituents is 1. The van der Waals surface area contributed by atoms with Gasteiger partial charge in [0.05, 0.1) is 0 Å². The summed E-state index contributed by atoms with van der Waals surface area (Å²) in [4.78, 5) is 36.4. The molecule has 0 spiro atoms. The Labute approximate surface area is 121 Å². The third-order valence-electron chi connectivity index (χ3n) is 3.13. The van der Waals surface area contributed by atoms with E-state index in [9.17, 15) is 19.5 Å². The van der Waals surface area contributed by atoms with Crippen molar-refractivity contribution in [2.24, 2.45) is 0 Å². The molecule has 1 aliphatic rings. The lowest BCUT2D eigenvalue weighted by Crippen LogP contribution is -2.41. The highest BCUT2D eigenvalue weighted by Gasteiger charge is 2.32. The van der Waals surface area contributed by atoms with Crippen LogP contribution in [0.15, 0.2) is 18.2 Å². The van der Waals surface area contributed by atoms with Gasteiger partial charge in [-0.3, -0.25) is 9.69 Å². The van der Waals surface area contributed by atoms with Gasteiger partial charge in [-0.25, -0.2) is 9.59 Å². The molecule has 7 heteroatoms. The zero-order chi connectivity index (χ0) is 15.6. The van der Waals surface area contributed by atoms with Crippen LogP contribution in [0.3, 0.4) is 0 Å². The highest BCUT2D eigenvalue weighted by molar-refractivity contribution is 6.00. The summed E-state index contributed by atoms with van der Waals surface area (Å²) in [6.45, 7) is 3.78. The van der Waals surface area contributed by atoms with E-state index in [4.69, 9.17) is 4.74 Å². The van der Waals surface area contributed by atoms with Crippen LogP contribution in [0.25, 0.3) is 0 Å². The van der Waals surface area contributed by atoms with Crippen molar-refractivity contribution < 1.29 is 24.2 Å². The first-order valence-electron chi connectivity index (χ1n) is 6.50. The fourth-order valence-corrected chi connectivity index (χ4v) is 1.99. The molecular weight excluding hydrogens is 276 g/mol. The van der Waals surface area contributed by atoms with Crippen molar-refractivity contribution in [2.75, 3.05) is 13.1 Å². The van der Waals surface area contributed by atoms with Gasteiger partial charge in [-0.05, 0) is 26.0 Å². The Morgan fingerprint density at radius 3 is 2.76 bits per heavy atom. The molecular formula is C14H16N2O5. The lowest BCUT2D eigenvalue weighted by molar-refractivity contribution is -0.136. The maximum Gasteiger partial charge on any atom is 0.342 e. The normalized spacial score (nSPS) is 15.5. The van der Waals surface area contributed by atoms with E-state index in [1.807, 2.05) is 0 Å². The fraction of sp³-hybridized carbons (Fsp3) is 0.357. The number of amides is 3. The number of nitrogens with one attached hydrogen (secondary N) is 1. The molecule has 7 nitrogen and oxygen atoms in total. The summed E-state index contributed by atoms with van der Waals surface area (Å²) in [6.07, 6.45) is -1.11. The van der Waals surface area contributed by atoms with Crippen molar-refractivity contribution in [1.82, 2.24) is 10.2 Å². The SMILES string of the molecule is Cc1ccc(O)c(C(=O)O[C@@H](C)C(=O)N2CCNC2=O)c1. The quantitative estimate of drug-likeness (QED) is 0.803. The van der Waals surface area contributed by atoms with Gasteiger partial charge in [0.15, 0.2) is 6.10 Å². The molecule has 0 aliphatic carbocycles. The number of phenols is 1. The summed E-state index contributed by atoms with van der Waals surface area (Å²) in [5.41, 5.74) is 0.762. The van der Waals surface area contributed by atoms with Gasteiger partial charge in [0.1, 0.15) is 11.3 Å². The average Bonchev–Trinajstić information content (AvgIpc) is 2.86. The molecule has 2 rings (SSSR count). The van der Waals surface area contributed by atoms with Gasteiger partial charge in [-0.15, -0.1) is 0 Å². The van der Waals surface area contributed by atoms with Crippen molar-refractivity contribution in [1.29, 1.82) is 0 Å². The molecule has 1 heterocycles. The van der Waals surface area contributed by atoms with Crippen LogP contribution in [0, 0.1) is 6.92 Å². The van der Waals surface area contributed by atoms with E-state index in [2.05, 4.69) is 5.32 Å². The Balaban J connectivity index is 2.06. The van der Waals surface area contributed by atoms with E-state index < -0.39 is 24.0 Å². The molecule has 1 aromatic rings. The molecule has 1 fully saturated rings. The fourth-order valence-electron chi connectivity index (χ4n) is 1.99. The van der Waals surface area contributed by atoms with E-state index >= 15 is 0 Å². The summed E-state index contributed by atoms with van der Waals surface area (Å²) >= 11 is 0. The maximum atomic E-state index is 12.0. The molecule has 0 saturated carbocycles. The van der Waals surface area contributed by atoms with Crippen molar-refractivity contribution in [3.63, 3.8) is 0 Å². The van der Waals surface area contributed by atoms with Crippen molar-refractivity contribution in [3.8, 4) is 5.75 Å². The number of hydrogen-bond donors (Lipinski definition) is 2. The van der Waals surface area contributed by atoms with Crippen LogP contribution in [0.5, 0.6) is 5.75 Å². The van der Waals surface area contributed by atoms with Crippen LogP contribution < -0.4 is 5.32 Å². The zero-order valence-electron chi connectivity index (χ0n) is 11.8. The minimum atomic E-state index is -1.11. The molecule has 1 atom stereocenters. The molecule has 112 valence electrons. The molecule has 0 unspecified atom stereocenters. The molecule has 3 amide bonds. The van der Waals surface area contributed by atoms with Crippen molar-refractivity contribution >= 4 is 17.9 Å². The molecule has 1 saturated heterocycles. The highest BCUT2D eigenvalue weighted by atomic mass is 16.5. The Morgan fingerprint density at radius 2 is 2.14 bits per heavy atom. The van der Waals surface area contributed by atoms with E-state index in [1.54, 1.807) is 13.0 Å². The van der Waals surface area contributed by atoms with Gasteiger partial charge in [0.2, 0.25) is 0 Å². The lowest BCUT2D eigenvalue weighted by Gasteiger charge is -2.18. The van der Waals surface area contributed by atoms with E-state index in [-0.39, 0.29) is 17.9 Å². The van der Waals surface area contributed by atoms with E-state index in [0.717, 1.165) is 10.5 Å². The minimum absolute atomic E-state index is 0.0134. The molecule has 21 heavy (non-hydrogen) atoms. The molecule has 0 radical (unpaired) electrons. The largest absolute Gasteiger partial charge is 0.507 e. The average molecular weight is 292 g/mol. The van der Waals surface area contributed by atoms with Gasteiger partial charge < -0.3 is 15.2 Å². The number of nitrogens with zero attached hydrogens (tertiary/aromatic N) is 1. The number of urea groups is 1. The highest BCUT2D eigenvalue weighted by Crippen LogP contribution is 2.20. The second-order valence-electron chi connectivity index (χ2n) is 4.79. The zero-order valence-corrected chi connectivity index (χ0v) is 11.8. The van der Waals surface area contributed by atoms with Crippen LogP contribution in [0.4, 0.5) is 4.79 Å². The lowest BCUT2D eigenvalue weighted by atomic mass is 10.1. The van der Waals surface area contributed by atoms with Gasteiger partial charge >= 0.3 is 12.0 Å². The van der Waals surface area contributed by atoms with Gasteiger partial charge in [-0.1, -0.05) is 11.6 Å². The first-order valence-corrected chi connectivity index (χ1v) is 6.50. The Morgan fingerprint density at radius 1 is 1.43 bits per heavy atom. The summed E-state index contributed by atoms with van der Waals surface area (Å²) in [6, 6.07) is 4.00. The van der Waals surface area contributed by atoms with Crippen molar-refractivity contribution in [2.45, 2.75) is 20.0 Å². The number of aryl methyl sites for hydroxylation is 1. The van der Waals surface area contributed by atoms with Gasteiger partial charge in [-0.2, -0.15) is 0 Å². The van der Waals surface area contributed by atoms with Crippen molar-refractivity contribution in [3.05, 3.63) is 29.3 Å². The topological polar surface area (TPSA) is 95.9 Å². The third-order valence-corrected chi connectivity index (χ3v) is 3.13. The van der Waals surface area contributed by atoms with Crippen LogP contribution in [-0.2, 0) is 9.53 Å². The predicted octanol–water partition coefficient (Wildman–Crippen LogP) is 0.798. The molecule has 1 aliphatic heterocycles. The van der Waals surface area contributed by atoms with Gasteiger partial charge in [0.25, 0.3) is 5.91 Å². The first-order chi connectivity index (χ1) is 9.90. The van der Waals surface area contributed by atoms with Crippen LogP contribution in [-0.4, -0.2) is 47.1 Å². The summed E-state index contributed by atoms with van der Waals surface area (Å²) in [5.74, 6) is -1.62. The van der Waals surface area contributed by atoms with E-state index in [0.29, 0.717) is 6.54 Å². The molecule has 0 aromatic heterocycles. The second kappa shape index (κ2) is 5.82. The smallest absolute Gasteiger partial charge is 0.342 e. The van der Waals surface area contributed by atoms with Crippen LogP contribution in [0.2, 0.25) is 0 Å². The number of imide groups is 1. The number of carbonyl (C=O) groups is 3. The molecule has 2 N–H and O–H groups in total. The third kappa shape index (κ3) is 3.13. The number of ether oxygens (including phenoxy) is 1. The first kappa shape index (κ1) is 14.8. The number of esters is 1. The Bertz CT molecular complexity index is 599. The number of benzene rings is 1. The summed E-state index contributed by atoms with van der Waals surface area (Å²) in [5, 5.41) is 12.1. The van der Waals surface area contributed by atoms with Crippen LogP contribution >= 0.6 is 0 Å². The molecule has 0 bridgehead atoms. The Kier molecular flexibility index (Phi) is 4.11. The number of aromatic hydroxyl groups is 1.